The van der Waals surface area contributed by atoms with E-state index in [0.717, 1.165) is 54.6 Å². The molecule has 6 aromatic heterocycles. The Morgan fingerprint density at radius 1 is 0.389 bits per heavy atom. The van der Waals surface area contributed by atoms with E-state index >= 15 is 0 Å². The molecule has 0 aliphatic heterocycles. The van der Waals surface area contributed by atoms with E-state index in [4.69, 9.17) is 27.5 Å². The number of hydrogen-bond donors (Lipinski definition) is 0. The second kappa shape index (κ2) is 21.1. The van der Waals surface area contributed by atoms with Crippen molar-refractivity contribution in [2.24, 2.45) is 0 Å². The number of hydrogen-bond acceptors (Lipinski definition) is 12. The minimum atomic E-state index is -0.150. The summed E-state index contributed by atoms with van der Waals surface area (Å²) in [5.74, 6) is 0. The number of benzene rings is 3. The molecular weight excluding hydrogens is 997 g/mol. The Morgan fingerprint density at radius 3 is 1.31 bits per heavy atom. The molecule has 0 unspecified atom stereocenters. The number of thiophene rings is 2. The predicted octanol–water partition coefficient (Wildman–Crippen LogP) is 20.5. The Balaban J connectivity index is 1.11. The van der Waals surface area contributed by atoms with Crippen molar-refractivity contribution < 1.29 is 0 Å². The van der Waals surface area contributed by atoms with Crippen molar-refractivity contribution in [2.45, 2.75) is 195 Å². The summed E-state index contributed by atoms with van der Waals surface area (Å²) in [6, 6.07) is 15.3. The first kappa shape index (κ1) is 50.4. The molecule has 0 spiro atoms. The molecule has 12 heteroatoms. The van der Waals surface area contributed by atoms with Crippen LogP contribution in [0.3, 0.4) is 0 Å². The van der Waals surface area contributed by atoms with E-state index in [2.05, 4.69) is 91.8 Å². The second-order valence-electron chi connectivity index (χ2n) is 21.4. The van der Waals surface area contributed by atoms with Gasteiger partial charge < -0.3 is 0 Å². The summed E-state index contributed by atoms with van der Waals surface area (Å²) >= 11 is 9.95. The average Bonchev–Trinajstić information content (AvgIpc) is 4.25. The zero-order chi connectivity index (χ0) is 49.7. The highest BCUT2D eigenvalue weighted by Gasteiger charge is 2.50. The lowest BCUT2D eigenvalue weighted by Crippen LogP contribution is -2.27. The molecule has 6 nitrogen and oxygen atoms in total. The molecule has 0 atom stereocenters. The van der Waals surface area contributed by atoms with Gasteiger partial charge in [0.05, 0.1) is 33.2 Å². The molecule has 6 heterocycles. The van der Waals surface area contributed by atoms with Crippen molar-refractivity contribution in [2.75, 3.05) is 0 Å². The molecule has 0 N–H and O–H groups in total. The molecule has 0 saturated heterocycles. The summed E-state index contributed by atoms with van der Waals surface area (Å²) in [5.41, 5.74) is 20.8. The normalized spacial score (nSPS) is 14.3. The highest BCUT2D eigenvalue weighted by atomic mass is 32.1. The molecule has 9 aromatic rings. The van der Waals surface area contributed by atoms with Crippen LogP contribution in [0.2, 0.25) is 0 Å². The van der Waals surface area contributed by atoms with Gasteiger partial charge in [0, 0.05) is 37.3 Å². The molecule has 3 aromatic carbocycles. The Bertz CT molecular complexity index is 3350. The van der Waals surface area contributed by atoms with Crippen molar-refractivity contribution >= 4 is 101 Å². The van der Waals surface area contributed by atoms with Gasteiger partial charge in [0.2, 0.25) is 0 Å². The lowest BCUT2D eigenvalue weighted by Gasteiger charge is -2.35. The molecule has 0 bridgehead atoms. The molecule has 0 fully saturated rings. The zero-order valence-electron chi connectivity index (χ0n) is 43.7. The minimum Gasteiger partial charge on any atom is -0.222 e. The lowest BCUT2D eigenvalue weighted by molar-refractivity contribution is 0.397. The fourth-order valence-corrected chi connectivity index (χ4v) is 18.6. The maximum atomic E-state index is 5.37. The number of unbranched alkanes of at least 4 members (excludes halogenated alkanes) is 12. The first-order valence-electron chi connectivity index (χ1n) is 27.4. The second-order valence-corrected chi connectivity index (χ2v) is 26.7. The van der Waals surface area contributed by atoms with Crippen LogP contribution in [0.4, 0.5) is 0 Å². The summed E-state index contributed by atoms with van der Waals surface area (Å²) in [6.07, 6.45) is 24.6. The zero-order valence-corrected chi connectivity index (χ0v) is 48.6. The summed E-state index contributed by atoms with van der Waals surface area (Å²) in [4.78, 5) is 17.6. The van der Waals surface area contributed by atoms with Gasteiger partial charge >= 0.3 is 0 Å². The molecule has 0 radical (unpaired) electrons. The summed E-state index contributed by atoms with van der Waals surface area (Å²) in [6.45, 7) is 18.3. The Morgan fingerprint density at radius 2 is 0.819 bits per heavy atom. The van der Waals surface area contributed by atoms with Crippen LogP contribution in [0.25, 0.3) is 84.2 Å². The highest BCUT2D eigenvalue weighted by molar-refractivity contribution is 7.32. The van der Waals surface area contributed by atoms with Gasteiger partial charge in [-0.3, -0.25) is 0 Å². The topological polar surface area (TPSA) is 77.3 Å². The monoisotopic (exact) mass is 1070 g/mol. The molecule has 2 aliphatic rings. The molecule has 2 aliphatic carbocycles. The standard InChI is InChI=1S/C60H70N6S6/c1-9-13-17-21-25-59(26-22-18-14-10-2)42-33-40-43(32-39(42)47-44(59)30-35(5)49-51(47)65-71-63-49)60(27-23-19-15-11-3,28-24-20-16-12-4)45-34-41(50-52(48(40)45)66-72-64-50)46-31-37(7)54(68-46)56-62-58-57(70-56)61-55(69-58)53-36(6)29-38(8)67-53/h29-34H,9-28H2,1-8H3. The molecule has 376 valence electrons. The molecule has 11 rings (SSSR count). The SMILES string of the molecule is CCCCCCC1(CCCCCC)c2cc3c(cc2-c2c1cc(C)c1nsnc21)C(CCCCCC)(CCCCCC)c1cc(-c2cc(C)c(-c4nc5sc(-c6sc(C)cc6C)nc5s4)s2)c2nsnc2c1-3. The fraction of sp³-hybridized carbons (Fsp3) is 0.500. The predicted molar refractivity (Wildman–Crippen MR) is 316 cm³/mol. The van der Waals surface area contributed by atoms with Gasteiger partial charge in [-0.15, -0.1) is 22.7 Å². The molecule has 0 saturated carbocycles. The van der Waals surface area contributed by atoms with E-state index < -0.39 is 0 Å². The third kappa shape index (κ3) is 8.67. The largest absolute Gasteiger partial charge is 0.222 e. The number of rotatable bonds is 23. The summed E-state index contributed by atoms with van der Waals surface area (Å²) in [7, 11) is 0. The van der Waals surface area contributed by atoms with Crippen LogP contribution in [0.1, 0.15) is 200 Å². The lowest BCUT2D eigenvalue weighted by atomic mass is 9.68. The third-order valence-corrected chi connectivity index (χ3v) is 22.3. The molecule has 72 heavy (non-hydrogen) atoms. The fourth-order valence-electron chi connectivity index (χ4n) is 12.9. The van der Waals surface area contributed by atoms with Crippen molar-refractivity contribution in [1.29, 1.82) is 0 Å². The van der Waals surface area contributed by atoms with Gasteiger partial charge in [0.1, 0.15) is 32.1 Å². The number of nitrogens with zero attached hydrogens (tertiary/aromatic N) is 6. The first-order valence-corrected chi connectivity index (χ1v) is 32.1. The number of aryl methyl sites for hydroxylation is 4. The van der Waals surface area contributed by atoms with Crippen molar-refractivity contribution in [3.8, 4) is 52.5 Å². The summed E-state index contributed by atoms with van der Waals surface area (Å²) in [5, 5.41) is 2.15. The van der Waals surface area contributed by atoms with Crippen LogP contribution < -0.4 is 0 Å². The maximum Gasteiger partial charge on any atom is 0.155 e. The van der Waals surface area contributed by atoms with Gasteiger partial charge in [-0.25, -0.2) is 9.97 Å². The smallest absolute Gasteiger partial charge is 0.155 e. The van der Waals surface area contributed by atoms with Crippen LogP contribution >= 0.6 is 68.8 Å². The van der Waals surface area contributed by atoms with Crippen molar-refractivity contribution in [1.82, 2.24) is 27.5 Å². The Labute approximate surface area is 451 Å². The minimum absolute atomic E-state index is 0.0783. The van der Waals surface area contributed by atoms with Gasteiger partial charge in [-0.2, -0.15) is 17.5 Å². The van der Waals surface area contributed by atoms with Gasteiger partial charge in [-0.1, -0.05) is 159 Å². The molecular formula is C60H70N6S6. The van der Waals surface area contributed by atoms with E-state index in [1.165, 1.54) is 225 Å². The van der Waals surface area contributed by atoms with Crippen LogP contribution in [0.5, 0.6) is 0 Å². The first-order chi connectivity index (χ1) is 35.1. The number of thiazole rings is 2. The quantitative estimate of drug-likeness (QED) is 0.0594. The van der Waals surface area contributed by atoms with Crippen LogP contribution in [0, 0.1) is 27.7 Å². The third-order valence-electron chi connectivity index (χ3n) is 16.4. The van der Waals surface area contributed by atoms with Crippen LogP contribution in [-0.4, -0.2) is 27.5 Å². The van der Waals surface area contributed by atoms with E-state index in [-0.39, 0.29) is 10.8 Å². The van der Waals surface area contributed by atoms with Crippen molar-refractivity contribution in [3.63, 3.8) is 0 Å². The summed E-state index contributed by atoms with van der Waals surface area (Å²) < 4.78 is 20.8. The van der Waals surface area contributed by atoms with Crippen LogP contribution in [0.15, 0.2) is 36.4 Å². The van der Waals surface area contributed by atoms with Gasteiger partial charge in [-0.05, 0) is 134 Å². The number of fused-ring (bicyclic) bond motifs is 11. The van der Waals surface area contributed by atoms with E-state index in [9.17, 15) is 0 Å². The Hall–Kier alpha value is -3.78. The highest BCUT2D eigenvalue weighted by Crippen LogP contribution is 2.63. The number of aromatic nitrogens is 6. The van der Waals surface area contributed by atoms with Crippen molar-refractivity contribution in [3.05, 3.63) is 80.2 Å². The van der Waals surface area contributed by atoms with E-state index in [1.807, 2.05) is 22.7 Å². The van der Waals surface area contributed by atoms with Crippen LogP contribution in [-0.2, 0) is 10.8 Å². The average molecular weight is 1070 g/mol. The van der Waals surface area contributed by atoms with Gasteiger partial charge in [0.25, 0.3) is 0 Å². The Kier molecular flexibility index (Phi) is 14.8. The van der Waals surface area contributed by atoms with Gasteiger partial charge in [0.15, 0.2) is 9.66 Å². The molecule has 0 amide bonds. The van der Waals surface area contributed by atoms with E-state index in [1.54, 1.807) is 22.7 Å². The van der Waals surface area contributed by atoms with E-state index in [0.29, 0.717) is 0 Å². The maximum absolute atomic E-state index is 5.37.